The second-order valence-electron chi connectivity index (χ2n) is 11.9. The molecule has 0 saturated heterocycles. The summed E-state index contributed by atoms with van der Waals surface area (Å²) in [6, 6.07) is 3.11. The van der Waals surface area contributed by atoms with Crippen LogP contribution in [0.25, 0.3) is 0 Å². The van der Waals surface area contributed by atoms with E-state index in [1.807, 2.05) is 27.7 Å². The summed E-state index contributed by atoms with van der Waals surface area (Å²) in [6.07, 6.45) is 3.65. The van der Waals surface area contributed by atoms with Gasteiger partial charge in [0.25, 0.3) is 0 Å². The molecule has 2 amide bonds. The summed E-state index contributed by atoms with van der Waals surface area (Å²) in [7, 11) is 0. The van der Waals surface area contributed by atoms with Gasteiger partial charge in [0.15, 0.2) is 5.82 Å². The molecule has 43 heavy (non-hydrogen) atoms. The van der Waals surface area contributed by atoms with Crippen LogP contribution >= 0.6 is 0 Å². The third-order valence-corrected chi connectivity index (χ3v) is 7.54. The van der Waals surface area contributed by atoms with E-state index < -0.39 is 35.0 Å². The van der Waals surface area contributed by atoms with Gasteiger partial charge in [0, 0.05) is 37.2 Å². The quantitative estimate of drug-likeness (QED) is 0.268. The normalized spacial score (nSPS) is 18.3. The summed E-state index contributed by atoms with van der Waals surface area (Å²) in [5.41, 5.74) is 5.89. The van der Waals surface area contributed by atoms with Gasteiger partial charge in [-0.05, 0) is 61.4 Å². The summed E-state index contributed by atoms with van der Waals surface area (Å²) in [5, 5.41) is 27.1. The molecular weight excluding hydrogens is 556 g/mol. The predicted molar refractivity (Wildman–Crippen MR) is 159 cm³/mol. The van der Waals surface area contributed by atoms with Crippen LogP contribution in [0.1, 0.15) is 65.3 Å². The molecule has 0 fully saturated rings. The Labute approximate surface area is 252 Å². The zero-order valence-corrected chi connectivity index (χ0v) is 25.8. The first-order chi connectivity index (χ1) is 20.4. The molecule has 1 aromatic heterocycles. The van der Waals surface area contributed by atoms with Gasteiger partial charge < -0.3 is 21.1 Å². The van der Waals surface area contributed by atoms with Crippen LogP contribution in [0.4, 0.5) is 8.78 Å². The van der Waals surface area contributed by atoms with E-state index in [1.165, 1.54) is 16.9 Å². The lowest BCUT2D eigenvalue weighted by Gasteiger charge is -2.42. The van der Waals surface area contributed by atoms with E-state index in [2.05, 4.69) is 20.7 Å². The molecule has 0 spiro atoms. The molecule has 1 aromatic carbocycles. The molecule has 1 aliphatic rings. The number of allylic oxidation sites excluding steroid dienone is 2. The van der Waals surface area contributed by atoms with Gasteiger partial charge in [-0.3, -0.25) is 9.59 Å². The van der Waals surface area contributed by atoms with Crippen molar-refractivity contribution in [3.63, 3.8) is 0 Å². The molecule has 1 unspecified atom stereocenters. The van der Waals surface area contributed by atoms with Crippen LogP contribution in [-0.4, -0.2) is 67.8 Å². The van der Waals surface area contributed by atoms with Gasteiger partial charge in [-0.25, -0.2) is 8.78 Å². The van der Waals surface area contributed by atoms with E-state index in [4.69, 9.17) is 5.73 Å². The summed E-state index contributed by atoms with van der Waals surface area (Å²) in [4.78, 5) is 30.3. The zero-order valence-electron chi connectivity index (χ0n) is 25.8. The van der Waals surface area contributed by atoms with Crippen molar-refractivity contribution in [2.24, 2.45) is 23.0 Å². The topological polar surface area (TPSA) is 139 Å². The van der Waals surface area contributed by atoms with Crippen LogP contribution in [0.5, 0.6) is 0 Å². The number of carbonyl (C=O) groups excluding carboxylic acids is 2. The SMILES string of the molecule is CCCN(CCC)C(=O)C1=CC(C)=CC(C(N)=O)([C@H](Cc2cc(F)cc(F)c2)[C@@H](O)CNCc2nnn(CC(C)C)n2)C1. The van der Waals surface area contributed by atoms with Gasteiger partial charge in [-0.2, -0.15) is 4.80 Å². The molecule has 10 nitrogen and oxygen atoms in total. The van der Waals surface area contributed by atoms with Crippen LogP contribution in [0.15, 0.2) is 41.5 Å². The van der Waals surface area contributed by atoms with E-state index >= 15 is 0 Å². The number of aliphatic hydroxyl groups is 1. The van der Waals surface area contributed by atoms with Gasteiger partial charge in [0.05, 0.1) is 24.6 Å². The van der Waals surface area contributed by atoms with Gasteiger partial charge in [-0.1, -0.05) is 45.4 Å². The highest BCUT2D eigenvalue weighted by atomic mass is 19.1. The molecule has 0 radical (unpaired) electrons. The van der Waals surface area contributed by atoms with Gasteiger partial charge >= 0.3 is 0 Å². The summed E-state index contributed by atoms with van der Waals surface area (Å²) in [6.45, 7) is 11.7. The van der Waals surface area contributed by atoms with Crippen molar-refractivity contribution < 1.29 is 23.5 Å². The minimum Gasteiger partial charge on any atom is -0.391 e. The summed E-state index contributed by atoms with van der Waals surface area (Å²) < 4.78 is 28.4. The molecule has 236 valence electrons. The third kappa shape index (κ3) is 8.99. The molecule has 4 N–H and O–H groups in total. The highest BCUT2D eigenvalue weighted by Crippen LogP contribution is 2.44. The number of hydrogen-bond acceptors (Lipinski definition) is 7. The smallest absolute Gasteiger partial charge is 0.249 e. The van der Waals surface area contributed by atoms with E-state index in [0.717, 1.165) is 18.9 Å². The number of aromatic nitrogens is 4. The first-order valence-electron chi connectivity index (χ1n) is 15.0. The van der Waals surface area contributed by atoms with Crippen molar-refractivity contribution in [1.82, 2.24) is 30.4 Å². The van der Waals surface area contributed by atoms with E-state index in [1.54, 1.807) is 24.0 Å². The first-order valence-corrected chi connectivity index (χ1v) is 15.0. The van der Waals surface area contributed by atoms with Crippen LogP contribution in [-0.2, 0) is 29.1 Å². The standard InChI is InChI=1S/C31H45F2N7O3/c1-6-8-39(9-7-2)29(42)23-10-21(5)15-31(16-23,30(34)43)26(13-22-11-24(32)14-25(33)12-22)27(41)17-35-18-28-36-38-40(37-28)19-20(3)4/h10-12,14-15,20,26-27,35,41H,6-9,13,16-19H2,1-5H3,(H2,34,43)/t26-,27+,31?/m1/s1. The molecule has 0 aliphatic heterocycles. The average Bonchev–Trinajstić information content (AvgIpc) is 3.36. The number of rotatable bonds is 16. The van der Waals surface area contributed by atoms with Crippen molar-refractivity contribution >= 4 is 11.8 Å². The largest absolute Gasteiger partial charge is 0.391 e. The second kappa shape index (κ2) is 15.3. The number of nitrogens with two attached hydrogens (primary N) is 1. The minimum atomic E-state index is -1.50. The maximum absolute atomic E-state index is 14.2. The minimum absolute atomic E-state index is 0.00606. The Balaban J connectivity index is 1.94. The molecule has 0 bridgehead atoms. The number of nitrogens with zero attached hydrogens (tertiary/aromatic N) is 5. The Hall–Kier alpha value is -3.51. The fraction of sp³-hybridized carbons (Fsp3) is 0.581. The first kappa shape index (κ1) is 34.0. The fourth-order valence-electron chi connectivity index (χ4n) is 5.78. The highest BCUT2D eigenvalue weighted by molar-refractivity contribution is 5.96. The number of tetrazole rings is 1. The van der Waals surface area contributed by atoms with Gasteiger partial charge in [0.1, 0.15) is 11.6 Å². The molecule has 0 saturated carbocycles. The predicted octanol–water partition coefficient (Wildman–Crippen LogP) is 3.31. The molecule has 2 aromatic rings. The Bertz CT molecular complexity index is 1300. The van der Waals surface area contributed by atoms with E-state index in [9.17, 15) is 23.5 Å². The Kier molecular flexibility index (Phi) is 12.1. The number of aliphatic hydroxyl groups excluding tert-OH is 1. The van der Waals surface area contributed by atoms with E-state index in [-0.39, 0.29) is 37.4 Å². The Morgan fingerprint density at radius 3 is 2.40 bits per heavy atom. The van der Waals surface area contributed by atoms with E-state index in [0.29, 0.717) is 42.5 Å². The van der Waals surface area contributed by atoms with Gasteiger partial charge in [0.2, 0.25) is 11.8 Å². The van der Waals surface area contributed by atoms with Crippen molar-refractivity contribution in [1.29, 1.82) is 0 Å². The molecule has 1 heterocycles. The number of amides is 2. The second-order valence-corrected chi connectivity index (χ2v) is 11.9. The molecule has 12 heteroatoms. The van der Waals surface area contributed by atoms with Crippen molar-refractivity contribution in [2.75, 3.05) is 19.6 Å². The molecule has 1 aliphatic carbocycles. The molecule has 3 atom stereocenters. The van der Waals surface area contributed by atoms with Crippen LogP contribution in [0, 0.1) is 28.9 Å². The van der Waals surface area contributed by atoms with Crippen LogP contribution < -0.4 is 11.1 Å². The number of nitrogens with one attached hydrogen (secondary N) is 1. The Morgan fingerprint density at radius 2 is 1.81 bits per heavy atom. The molecular formula is C31H45F2N7O3. The van der Waals surface area contributed by atoms with Crippen molar-refractivity contribution in [3.05, 3.63) is 64.5 Å². The van der Waals surface area contributed by atoms with Crippen LogP contribution in [0.3, 0.4) is 0 Å². The number of hydrogen-bond donors (Lipinski definition) is 3. The summed E-state index contributed by atoms with van der Waals surface area (Å²) in [5.74, 6) is -2.64. The Morgan fingerprint density at radius 1 is 1.16 bits per heavy atom. The number of benzene rings is 1. The fourth-order valence-corrected chi connectivity index (χ4v) is 5.78. The summed E-state index contributed by atoms with van der Waals surface area (Å²) >= 11 is 0. The third-order valence-electron chi connectivity index (χ3n) is 7.54. The van der Waals surface area contributed by atoms with Crippen molar-refractivity contribution in [3.8, 4) is 0 Å². The average molecular weight is 602 g/mol. The molecule has 3 rings (SSSR count). The number of halogens is 2. The van der Waals surface area contributed by atoms with Crippen molar-refractivity contribution in [2.45, 2.75) is 79.5 Å². The maximum atomic E-state index is 14.2. The number of carbonyl (C=O) groups is 2. The van der Waals surface area contributed by atoms with Crippen LogP contribution in [0.2, 0.25) is 0 Å². The zero-order chi connectivity index (χ0) is 31.7. The van der Waals surface area contributed by atoms with Gasteiger partial charge in [-0.15, -0.1) is 10.2 Å². The lowest BCUT2D eigenvalue weighted by molar-refractivity contribution is -0.132. The maximum Gasteiger partial charge on any atom is 0.249 e. The monoisotopic (exact) mass is 601 g/mol. The lowest BCUT2D eigenvalue weighted by Crippen LogP contribution is -2.51. The highest BCUT2D eigenvalue weighted by Gasteiger charge is 2.48. The number of primary amides is 1. The lowest BCUT2D eigenvalue weighted by atomic mass is 9.63.